The topological polar surface area (TPSA) is 9.23 Å². The van der Waals surface area contributed by atoms with Gasteiger partial charge in [-0.15, -0.1) is 22.9 Å². The Kier molecular flexibility index (Phi) is 4.48. The van der Waals surface area contributed by atoms with E-state index in [0.29, 0.717) is 0 Å². The second-order valence-corrected chi connectivity index (χ2v) is 5.98. The van der Waals surface area contributed by atoms with Crippen molar-refractivity contribution in [1.29, 1.82) is 0 Å². The molecule has 1 unspecified atom stereocenters. The van der Waals surface area contributed by atoms with E-state index >= 15 is 0 Å². The predicted molar refractivity (Wildman–Crippen MR) is 77.3 cm³/mol. The van der Waals surface area contributed by atoms with Gasteiger partial charge in [-0.1, -0.05) is 12.1 Å². The number of thiophene rings is 1. The highest BCUT2D eigenvalue weighted by Crippen LogP contribution is 2.35. The van der Waals surface area contributed by atoms with Gasteiger partial charge in [-0.05, 0) is 51.5 Å². The molecule has 0 N–H and O–H groups in total. The first-order valence-corrected chi connectivity index (χ1v) is 7.31. The normalized spacial score (nSPS) is 12.4. The zero-order valence-corrected chi connectivity index (χ0v) is 12.5. The molecule has 0 aliphatic carbocycles. The van der Waals surface area contributed by atoms with Gasteiger partial charge in [0.25, 0.3) is 0 Å². The van der Waals surface area contributed by atoms with Crippen molar-refractivity contribution in [2.24, 2.45) is 0 Å². The molecule has 0 radical (unpaired) electrons. The molecule has 2 rings (SSSR count). The Bertz CT molecular complexity index is 480. The third kappa shape index (κ3) is 3.24. The minimum Gasteiger partial charge on any atom is -0.497 e. The molecule has 0 saturated heterocycles. The fourth-order valence-corrected chi connectivity index (χ4v) is 3.80. The standard InChI is InChI=1S/C13H12BrClOS/c1-16-10-4-2-9(3-5-10)8-12(15)13-11(14)6-7-17-13/h2-7,12H,8H2,1H3. The van der Waals surface area contributed by atoms with Crippen molar-refractivity contribution < 1.29 is 4.74 Å². The van der Waals surface area contributed by atoms with Crippen LogP contribution in [0.25, 0.3) is 0 Å². The fraction of sp³-hybridized carbons (Fsp3) is 0.231. The Morgan fingerprint density at radius 1 is 1.29 bits per heavy atom. The molecule has 0 fully saturated rings. The number of alkyl halides is 1. The van der Waals surface area contributed by atoms with Crippen molar-refractivity contribution >= 4 is 38.9 Å². The van der Waals surface area contributed by atoms with Gasteiger partial charge in [-0.25, -0.2) is 0 Å². The van der Waals surface area contributed by atoms with Crippen LogP contribution in [0.3, 0.4) is 0 Å². The second-order valence-electron chi connectivity index (χ2n) is 3.65. The van der Waals surface area contributed by atoms with E-state index in [2.05, 4.69) is 28.1 Å². The molecule has 0 spiro atoms. The highest BCUT2D eigenvalue weighted by Gasteiger charge is 2.13. The summed E-state index contributed by atoms with van der Waals surface area (Å²) < 4.78 is 6.22. The highest BCUT2D eigenvalue weighted by molar-refractivity contribution is 9.10. The molecule has 0 amide bonds. The molecule has 1 atom stereocenters. The van der Waals surface area contributed by atoms with Gasteiger partial charge >= 0.3 is 0 Å². The maximum Gasteiger partial charge on any atom is 0.118 e. The number of benzene rings is 1. The van der Waals surface area contributed by atoms with Gasteiger partial charge < -0.3 is 4.74 Å². The first-order valence-electron chi connectivity index (χ1n) is 5.20. The average Bonchev–Trinajstić information content (AvgIpc) is 2.76. The third-order valence-electron chi connectivity index (χ3n) is 2.50. The molecule has 0 saturated carbocycles. The molecule has 90 valence electrons. The number of hydrogen-bond acceptors (Lipinski definition) is 2. The summed E-state index contributed by atoms with van der Waals surface area (Å²) in [5.41, 5.74) is 1.21. The molecule has 1 heterocycles. The third-order valence-corrected chi connectivity index (χ3v) is 4.99. The van der Waals surface area contributed by atoms with Crippen LogP contribution in [-0.2, 0) is 6.42 Å². The number of rotatable bonds is 4. The summed E-state index contributed by atoms with van der Waals surface area (Å²) in [4.78, 5) is 1.18. The molecule has 1 nitrogen and oxygen atoms in total. The number of hydrogen-bond donors (Lipinski definition) is 0. The molecule has 0 aliphatic heterocycles. The zero-order valence-electron chi connectivity index (χ0n) is 9.32. The summed E-state index contributed by atoms with van der Waals surface area (Å²) in [5, 5.41) is 2.06. The van der Waals surface area contributed by atoms with Crippen molar-refractivity contribution in [3.63, 3.8) is 0 Å². The van der Waals surface area contributed by atoms with Crippen LogP contribution in [0.2, 0.25) is 0 Å². The molecule has 0 aliphatic rings. The van der Waals surface area contributed by atoms with Gasteiger partial charge in [0, 0.05) is 9.35 Å². The Morgan fingerprint density at radius 2 is 2.00 bits per heavy atom. The van der Waals surface area contributed by atoms with Gasteiger partial charge in [0.15, 0.2) is 0 Å². The van der Waals surface area contributed by atoms with Gasteiger partial charge in [0.2, 0.25) is 0 Å². The van der Waals surface area contributed by atoms with E-state index in [1.165, 1.54) is 10.4 Å². The van der Waals surface area contributed by atoms with E-state index in [-0.39, 0.29) is 5.38 Å². The first-order chi connectivity index (χ1) is 8.20. The SMILES string of the molecule is COc1ccc(CC(Cl)c2sccc2Br)cc1. The molecular weight excluding hydrogens is 320 g/mol. The first kappa shape index (κ1) is 12.9. The van der Waals surface area contributed by atoms with Crippen LogP contribution in [-0.4, -0.2) is 7.11 Å². The summed E-state index contributed by atoms with van der Waals surface area (Å²) >= 11 is 11.6. The highest BCUT2D eigenvalue weighted by atomic mass is 79.9. The summed E-state index contributed by atoms with van der Waals surface area (Å²) in [6.07, 6.45) is 0.824. The molecule has 2 aromatic rings. The largest absolute Gasteiger partial charge is 0.497 e. The van der Waals surface area contributed by atoms with E-state index in [1.54, 1.807) is 18.4 Å². The van der Waals surface area contributed by atoms with Crippen LogP contribution < -0.4 is 4.74 Å². The van der Waals surface area contributed by atoms with Gasteiger partial charge in [0.05, 0.1) is 12.5 Å². The minimum absolute atomic E-state index is 0.0118. The summed E-state index contributed by atoms with van der Waals surface area (Å²) in [7, 11) is 1.67. The van der Waals surface area contributed by atoms with Crippen molar-refractivity contribution in [2.45, 2.75) is 11.8 Å². The molecule has 1 aromatic carbocycles. The monoisotopic (exact) mass is 330 g/mol. The zero-order chi connectivity index (χ0) is 12.3. The van der Waals surface area contributed by atoms with Crippen LogP contribution in [0, 0.1) is 0 Å². The van der Waals surface area contributed by atoms with E-state index in [4.69, 9.17) is 16.3 Å². The van der Waals surface area contributed by atoms with Crippen LogP contribution in [0.15, 0.2) is 40.2 Å². The minimum atomic E-state index is 0.0118. The van der Waals surface area contributed by atoms with E-state index in [0.717, 1.165) is 16.6 Å². The maximum absolute atomic E-state index is 6.41. The molecule has 17 heavy (non-hydrogen) atoms. The average molecular weight is 332 g/mol. The van der Waals surface area contributed by atoms with Gasteiger partial charge in [0.1, 0.15) is 5.75 Å². The Balaban J connectivity index is 2.07. The number of ether oxygens (including phenoxy) is 1. The van der Waals surface area contributed by atoms with Crippen LogP contribution in [0.5, 0.6) is 5.75 Å². The summed E-state index contributed by atoms with van der Waals surface area (Å²) in [6.45, 7) is 0. The number of halogens is 2. The van der Waals surface area contributed by atoms with E-state index in [9.17, 15) is 0 Å². The van der Waals surface area contributed by atoms with Crippen molar-refractivity contribution in [3.8, 4) is 5.75 Å². The molecule has 1 aromatic heterocycles. The molecule has 0 bridgehead atoms. The number of methoxy groups -OCH3 is 1. The lowest BCUT2D eigenvalue weighted by atomic mass is 10.1. The smallest absolute Gasteiger partial charge is 0.118 e. The fourth-order valence-electron chi connectivity index (χ4n) is 1.59. The lowest BCUT2D eigenvalue weighted by Gasteiger charge is -2.09. The second kappa shape index (κ2) is 5.89. The maximum atomic E-state index is 6.41. The van der Waals surface area contributed by atoms with Crippen LogP contribution in [0.4, 0.5) is 0 Å². The van der Waals surface area contributed by atoms with Crippen molar-refractivity contribution in [3.05, 3.63) is 50.6 Å². The van der Waals surface area contributed by atoms with Gasteiger partial charge in [-0.2, -0.15) is 0 Å². The van der Waals surface area contributed by atoms with E-state index in [1.807, 2.05) is 23.6 Å². The molecular formula is C13H12BrClOS. The van der Waals surface area contributed by atoms with Crippen molar-refractivity contribution in [2.75, 3.05) is 7.11 Å². The lowest BCUT2D eigenvalue weighted by Crippen LogP contribution is -1.94. The summed E-state index contributed by atoms with van der Waals surface area (Å²) in [5.74, 6) is 0.872. The predicted octanol–water partition coefficient (Wildman–Crippen LogP) is 5.04. The lowest BCUT2D eigenvalue weighted by molar-refractivity contribution is 0.414. The molecule has 4 heteroatoms. The van der Waals surface area contributed by atoms with E-state index < -0.39 is 0 Å². The Morgan fingerprint density at radius 3 is 2.53 bits per heavy atom. The quantitative estimate of drug-likeness (QED) is 0.713. The van der Waals surface area contributed by atoms with Crippen molar-refractivity contribution in [1.82, 2.24) is 0 Å². The summed E-state index contributed by atoms with van der Waals surface area (Å²) in [6, 6.07) is 10.1. The van der Waals surface area contributed by atoms with Crippen LogP contribution in [0.1, 0.15) is 15.8 Å². The Hall–Kier alpha value is -0.510. The Labute approximate surface area is 119 Å². The van der Waals surface area contributed by atoms with Gasteiger partial charge in [-0.3, -0.25) is 0 Å². The van der Waals surface area contributed by atoms with Crippen LogP contribution >= 0.6 is 38.9 Å².